The number of halogens is 2. The molecule has 0 aromatic heterocycles. The van der Waals surface area contributed by atoms with Crippen LogP contribution in [-0.2, 0) is 14.3 Å². The molecule has 0 aromatic carbocycles. The predicted molar refractivity (Wildman–Crippen MR) is 81.3 cm³/mol. The Labute approximate surface area is 136 Å². The van der Waals surface area contributed by atoms with Crippen LogP contribution in [-0.4, -0.2) is 48.2 Å². The van der Waals surface area contributed by atoms with E-state index in [0.717, 1.165) is 6.92 Å². The van der Waals surface area contributed by atoms with E-state index < -0.39 is 29.6 Å². The van der Waals surface area contributed by atoms with Crippen LogP contribution in [0.2, 0.25) is 0 Å². The Kier molecular flexibility index (Phi) is 6.36. The summed E-state index contributed by atoms with van der Waals surface area (Å²) in [4.78, 5) is 25.5. The topological polar surface area (TPSA) is 55.8 Å². The third-order valence-electron chi connectivity index (χ3n) is 3.72. The summed E-state index contributed by atoms with van der Waals surface area (Å²) in [6.45, 7) is 6.45. The molecule has 5 nitrogen and oxygen atoms in total. The van der Waals surface area contributed by atoms with Crippen molar-refractivity contribution < 1.29 is 27.8 Å². The minimum Gasteiger partial charge on any atom is -0.467 e. The second-order valence-corrected chi connectivity index (χ2v) is 7.24. The van der Waals surface area contributed by atoms with E-state index in [2.05, 4.69) is 0 Å². The second-order valence-electron chi connectivity index (χ2n) is 7.24. The van der Waals surface area contributed by atoms with Gasteiger partial charge in [0.1, 0.15) is 11.6 Å². The highest BCUT2D eigenvalue weighted by Gasteiger charge is 2.42. The fourth-order valence-electron chi connectivity index (χ4n) is 2.72. The van der Waals surface area contributed by atoms with E-state index in [1.54, 1.807) is 20.8 Å². The van der Waals surface area contributed by atoms with Gasteiger partial charge in [-0.05, 0) is 52.9 Å². The molecule has 2 atom stereocenters. The Balaban J connectivity index is 2.68. The average molecular weight is 335 g/mol. The van der Waals surface area contributed by atoms with Gasteiger partial charge in [0.25, 0.3) is 0 Å². The molecule has 1 heterocycles. The number of likely N-dealkylation sites (tertiary alicyclic amines) is 1. The minimum atomic E-state index is -2.69. The van der Waals surface area contributed by atoms with Crippen LogP contribution in [0.4, 0.5) is 13.6 Å². The number of nitrogens with zero attached hydrogens (tertiary/aromatic N) is 1. The largest absolute Gasteiger partial charge is 0.467 e. The molecule has 7 heteroatoms. The SMILES string of the molecule is COC(=O)C1CC(CCCC(C)(F)F)CN1C(=O)OC(C)(C)C. The smallest absolute Gasteiger partial charge is 0.411 e. The van der Waals surface area contributed by atoms with Gasteiger partial charge >= 0.3 is 12.1 Å². The summed E-state index contributed by atoms with van der Waals surface area (Å²) in [6.07, 6.45) is 0.539. The first-order valence-electron chi connectivity index (χ1n) is 7.88. The van der Waals surface area contributed by atoms with Crippen molar-refractivity contribution in [1.82, 2.24) is 4.90 Å². The van der Waals surface area contributed by atoms with Gasteiger partial charge in [0.05, 0.1) is 7.11 Å². The average Bonchev–Trinajstić information content (AvgIpc) is 2.78. The van der Waals surface area contributed by atoms with Crippen LogP contribution in [0, 0.1) is 5.92 Å². The summed E-state index contributed by atoms with van der Waals surface area (Å²) in [5.74, 6) is -3.20. The zero-order chi connectivity index (χ0) is 17.8. The zero-order valence-electron chi connectivity index (χ0n) is 14.5. The lowest BCUT2D eigenvalue weighted by Crippen LogP contribution is -2.43. The van der Waals surface area contributed by atoms with Gasteiger partial charge in [-0.15, -0.1) is 0 Å². The number of alkyl halides is 2. The van der Waals surface area contributed by atoms with E-state index in [1.165, 1.54) is 12.0 Å². The van der Waals surface area contributed by atoms with Crippen molar-refractivity contribution in [2.24, 2.45) is 5.92 Å². The number of carbonyl (C=O) groups is 2. The van der Waals surface area contributed by atoms with E-state index in [0.29, 0.717) is 25.8 Å². The van der Waals surface area contributed by atoms with Gasteiger partial charge in [-0.1, -0.05) is 0 Å². The first-order valence-corrected chi connectivity index (χ1v) is 7.88. The van der Waals surface area contributed by atoms with Crippen LogP contribution < -0.4 is 0 Å². The quantitative estimate of drug-likeness (QED) is 0.720. The van der Waals surface area contributed by atoms with Crippen molar-refractivity contribution in [1.29, 1.82) is 0 Å². The van der Waals surface area contributed by atoms with Crippen LogP contribution in [0.25, 0.3) is 0 Å². The first-order chi connectivity index (χ1) is 10.4. The van der Waals surface area contributed by atoms with Crippen LogP contribution in [0.3, 0.4) is 0 Å². The lowest BCUT2D eigenvalue weighted by Gasteiger charge is -2.27. The molecule has 0 radical (unpaired) electrons. The Morgan fingerprint density at radius 3 is 2.30 bits per heavy atom. The van der Waals surface area contributed by atoms with Crippen molar-refractivity contribution >= 4 is 12.1 Å². The van der Waals surface area contributed by atoms with Crippen molar-refractivity contribution in [3.63, 3.8) is 0 Å². The fourth-order valence-corrected chi connectivity index (χ4v) is 2.72. The van der Waals surface area contributed by atoms with Gasteiger partial charge in [0.15, 0.2) is 0 Å². The Hall–Kier alpha value is -1.40. The molecule has 1 aliphatic rings. The standard InChI is InChI=1S/C16H27F2NO4/c1-15(2,3)23-14(21)19-10-11(7-6-8-16(4,17)18)9-12(19)13(20)22-5/h11-12H,6-10H2,1-5H3. The van der Waals surface area contributed by atoms with E-state index in [-0.39, 0.29) is 12.3 Å². The maximum absolute atomic E-state index is 12.9. The second kappa shape index (κ2) is 7.45. The van der Waals surface area contributed by atoms with E-state index in [9.17, 15) is 18.4 Å². The molecule has 1 fully saturated rings. The maximum atomic E-state index is 12.9. The first kappa shape index (κ1) is 19.6. The molecular weight excluding hydrogens is 308 g/mol. The Morgan fingerprint density at radius 2 is 1.83 bits per heavy atom. The number of rotatable bonds is 5. The Morgan fingerprint density at radius 1 is 1.22 bits per heavy atom. The molecule has 0 saturated carbocycles. The van der Waals surface area contributed by atoms with E-state index in [4.69, 9.17) is 9.47 Å². The van der Waals surface area contributed by atoms with E-state index in [1.807, 2.05) is 0 Å². The molecule has 2 unspecified atom stereocenters. The molecule has 0 aromatic rings. The molecule has 0 bridgehead atoms. The molecular formula is C16H27F2NO4. The van der Waals surface area contributed by atoms with Crippen LogP contribution in [0.5, 0.6) is 0 Å². The van der Waals surface area contributed by atoms with Gasteiger partial charge in [-0.3, -0.25) is 4.90 Å². The number of amides is 1. The van der Waals surface area contributed by atoms with Gasteiger partial charge in [-0.25, -0.2) is 18.4 Å². The van der Waals surface area contributed by atoms with Gasteiger partial charge in [-0.2, -0.15) is 0 Å². The number of carbonyl (C=O) groups excluding carboxylic acids is 2. The van der Waals surface area contributed by atoms with Gasteiger partial charge < -0.3 is 9.47 Å². The van der Waals surface area contributed by atoms with Crippen LogP contribution in [0.1, 0.15) is 53.4 Å². The summed E-state index contributed by atoms with van der Waals surface area (Å²) in [6, 6.07) is -0.706. The van der Waals surface area contributed by atoms with Gasteiger partial charge in [0, 0.05) is 13.0 Å². The minimum absolute atomic E-state index is 0.00558. The summed E-state index contributed by atoms with van der Waals surface area (Å²) in [5.41, 5.74) is -0.667. The highest BCUT2D eigenvalue weighted by molar-refractivity contribution is 5.82. The lowest BCUT2D eigenvalue weighted by molar-refractivity contribution is -0.145. The molecule has 0 N–H and O–H groups in total. The van der Waals surface area contributed by atoms with Gasteiger partial charge in [0.2, 0.25) is 5.92 Å². The van der Waals surface area contributed by atoms with E-state index >= 15 is 0 Å². The number of hydrogen-bond acceptors (Lipinski definition) is 4. The molecule has 134 valence electrons. The molecule has 1 rings (SSSR count). The summed E-state index contributed by atoms with van der Waals surface area (Å²) >= 11 is 0. The normalized spacial score (nSPS) is 22.1. The third kappa shape index (κ3) is 6.71. The van der Waals surface area contributed by atoms with Crippen LogP contribution >= 0.6 is 0 Å². The highest BCUT2D eigenvalue weighted by Crippen LogP contribution is 2.31. The monoisotopic (exact) mass is 335 g/mol. The van der Waals surface area contributed by atoms with Crippen molar-refractivity contribution in [2.45, 2.75) is 70.9 Å². The number of methoxy groups -OCH3 is 1. The summed E-state index contributed by atoms with van der Waals surface area (Å²) in [5, 5.41) is 0. The van der Waals surface area contributed by atoms with Crippen molar-refractivity contribution in [3.8, 4) is 0 Å². The molecule has 23 heavy (non-hydrogen) atoms. The zero-order valence-corrected chi connectivity index (χ0v) is 14.5. The van der Waals surface area contributed by atoms with Crippen molar-refractivity contribution in [3.05, 3.63) is 0 Å². The molecule has 1 aliphatic heterocycles. The molecule has 1 saturated heterocycles. The molecule has 0 aliphatic carbocycles. The highest BCUT2D eigenvalue weighted by atomic mass is 19.3. The molecule has 1 amide bonds. The number of hydrogen-bond donors (Lipinski definition) is 0. The Bertz CT molecular complexity index is 429. The van der Waals surface area contributed by atoms with Crippen LogP contribution in [0.15, 0.2) is 0 Å². The number of esters is 1. The summed E-state index contributed by atoms with van der Waals surface area (Å²) in [7, 11) is 1.26. The maximum Gasteiger partial charge on any atom is 0.411 e. The fraction of sp³-hybridized carbons (Fsp3) is 0.875. The summed E-state index contributed by atoms with van der Waals surface area (Å²) < 4.78 is 35.8. The van der Waals surface area contributed by atoms with Crippen molar-refractivity contribution in [2.75, 3.05) is 13.7 Å². The lowest BCUT2D eigenvalue weighted by atomic mass is 9.98. The number of ether oxygens (including phenoxy) is 2. The third-order valence-corrected chi connectivity index (χ3v) is 3.72. The predicted octanol–water partition coefficient (Wildman–Crippen LogP) is 3.61. The molecule has 0 spiro atoms.